The van der Waals surface area contributed by atoms with Gasteiger partial charge in [-0.3, -0.25) is 9.67 Å². The lowest BCUT2D eigenvalue weighted by Crippen LogP contribution is -2.47. The molecule has 1 atom stereocenters. The normalized spacial score (nSPS) is 17.7. The lowest BCUT2D eigenvalue weighted by Gasteiger charge is -2.34. The fourth-order valence-electron chi connectivity index (χ4n) is 3.03. The zero-order valence-electron chi connectivity index (χ0n) is 15.5. The number of aliphatic imine (C=N–C) groups is 1. The molecule has 0 radical (unpaired) electrons. The number of nitrogens with one attached hydrogen (secondary N) is 1. The number of aromatic nitrogens is 2. The molecular formula is C19H28IN5S. The Bertz CT molecular complexity index is 688. The summed E-state index contributed by atoms with van der Waals surface area (Å²) in [5.41, 5.74) is 2.44. The number of halogens is 1. The summed E-state index contributed by atoms with van der Waals surface area (Å²) in [6, 6.07) is 10.4. The van der Waals surface area contributed by atoms with E-state index in [1.807, 2.05) is 24.0 Å². The molecule has 1 aliphatic heterocycles. The molecule has 2 heterocycles. The molecule has 1 unspecified atom stereocenters. The van der Waals surface area contributed by atoms with Crippen LogP contribution in [0.15, 0.2) is 47.7 Å². The highest BCUT2D eigenvalue weighted by Crippen LogP contribution is 2.21. The van der Waals surface area contributed by atoms with Crippen molar-refractivity contribution in [2.24, 2.45) is 4.99 Å². The SMILES string of the molecule is CCC1CN(C(=NC)NCc2cnn(Cc3ccccc3)c2)CCS1.I. The average molecular weight is 485 g/mol. The predicted octanol–water partition coefficient (Wildman–Crippen LogP) is 3.45. The molecule has 1 aliphatic rings. The second-order valence-electron chi connectivity index (χ2n) is 6.28. The highest BCUT2D eigenvalue weighted by Gasteiger charge is 2.21. The highest BCUT2D eigenvalue weighted by atomic mass is 127. The monoisotopic (exact) mass is 485 g/mol. The molecule has 0 amide bonds. The Morgan fingerprint density at radius 2 is 2.12 bits per heavy atom. The minimum absolute atomic E-state index is 0. The molecule has 26 heavy (non-hydrogen) atoms. The maximum Gasteiger partial charge on any atom is 0.193 e. The molecule has 5 nitrogen and oxygen atoms in total. The van der Waals surface area contributed by atoms with Crippen LogP contribution in [0.2, 0.25) is 0 Å². The van der Waals surface area contributed by atoms with Crippen LogP contribution in [-0.4, -0.2) is 51.8 Å². The second-order valence-corrected chi connectivity index (χ2v) is 7.69. The van der Waals surface area contributed by atoms with Crippen LogP contribution >= 0.6 is 35.7 Å². The molecule has 1 fully saturated rings. The molecule has 3 rings (SSSR count). The number of thioether (sulfide) groups is 1. The van der Waals surface area contributed by atoms with Crippen LogP contribution < -0.4 is 5.32 Å². The van der Waals surface area contributed by atoms with Gasteiger partial charge in [-0.15, -0.1) is 24.0 Å². The van der Waals surface area contributed by atoms with Crippen molar-refractivity contribution in [3.05, 3.63) is 53.9 Å². The molecule has 1 aromatic heterocycles. The van der Waals surface area contributed by atoms with Crippen molar-refractivity contribution in [1.82, 2.24) is 20.0 Å². The van der Waals surface area contributed by atoms with E-state index in [-0.39, 0.29) is 24.0 Å². The van der Waals surface area contributed by atoms with E-state index >= 15 is 0 Å². The first-order valence-electron chi connectivity index (χ1n) is 8.91. The zero-order chi connectivity index (χ0) is 17.5. The van der Waals surface area contributed by atoms with Gasteiger partial charge in [0.15, 0.2) is 5.96 Å². The van der Waals surface area contributed by atoms with Gasteiger partial charge in [-0.05, 0) is 12.0 Å². The Morgan fingerprint density at radius 3 is 2.85 bits per heavy atom. The third kappa shape index (κ3) is 5.90. The Kier molecular flexibility index (Phi) is 8.77. The van der Waals surface area contributed by atoms with E-state index in [2.05, 4.69) is 69.5 Å². The fraction of sp³-hybridized carbons (Fsp3) is 0.474. The van der Waals surface area contributed by atoms with Gasteiger partial charge in [0, 0.05) is 49.4 Å². The van der Waals surface area contributed by atoms with Gasteiger partial charge < -0.3 is 10.2 Å². The molecule has 0 spiro atoms. The second kappa shape index (κ2) is 10.8. The lowest BCUT2D eigenvalue weighted by atomic mass is 10.2. The molecule has 1 aromatic carbocycles. The van der Waals surface area contributed by atoms with Crippen LogP contribution in [0, 0.1) is 0 Å². The predicted molar refractivity (Wildman–Crippen MR) is 121 cm³/mol. The smallest absolute Gasteiger partial charge is 0.193 e. The number of hydrogen-bond donors (Lipinski definition) is 1. The van der Waals surface area contributed by atoms with Gasteiger partial charge in [0.05, 0.1) is 12.7 Å². The summed E-state index contributed by atoms with van der Waals surface area (Å²) in [5.74, 6) is 2.17. The third-order valence-electron chi connectivity index (χ3n) is 4.43. The summed E-state index contributed by atoms with van der Waals surface area (Å²) in [4.78, 5) is 6.84. The van der Waals surface area contributed by atoms with Gasteiger partial charge in [0.1, 0.15) is 0 Å². The molecule has 1 saturated heterocycles. The van der Waals surface area contributed by atoms with E-state index in [9.17, 15) is 0 Å². The van der Waals surface area contributed by atoms with E-state index < -0.39 is 0 Å². The largest absolute Gasteiger partial charge is 0.352 e. The Hall–Kier alpha value is -1.22. The molecular weight excluding hydrogens is 457 g/mol. The average Bonchev–Trinajstić information content (AvgIpc) is 3.10. The first-order valence-corrected chi connectivity index (χ1v) is 9.95. The van der Waals surface area contributed by atoms with Crippen molar-refractivity contribution in [2.75, 3.05) is 25.9 Å². The molecule has 2 aromatic rings. The van der Waals surface area contributed by atoms with Gasteiger partial charge in [0.2, 0.25) is 0 Å². The molecule has 0 bridgehead atoms. The maximum absolute atomic E-state index is 4.47. The van der Waals surface area contributed by atoms with Crippen molar-refractivity contribution in [1.29, 1.82) is 0 Å². The van der Waals surface area contributed by atoms with Crippen molar-refractivity contribution < 1.29 is 0 Å². The van der Waals surface area contributed by atoms with Crippen LogP contribution in [0.1, 0.15) is 24.5 Å². The first-order chi connectivity index (χ1) is 12.3. The summed E-state index contributed by atoms with van der Waals surface area (Å²) in [5, 5.41) is 8.67. The number of nitrogens with zero attached hydrogens (tertiary/aromatic N) is 4. The summed E-state index contributed by atoms with van der Waals surface area (Å²) < 4.78 is 1.99. The fourth-order valence-corrected chi connectivity index (χ4v) is 4.21. The molecule has 0 saturated carbocycles. The number of guanidine groups is 1. The molecule has 0 aliphatic carbocycles. The van der Waals surface area contributed by atoms with Gasteiger partial charge in [-0.25, -0.2) is 0 Å². The van der Waals surface area contributed by atoms with Gasteiger partial charge in [0.25, 0.3) is 0 Å². The molecule has 1 N–H and O–H groups in total. The van der Waals surface area contributed by atoms with Crippen LogP contribution in [0.4, 0.5) is 0 Å². The van der Waals surface area contributed by atoms with E-state index in [4.69, 9.17) is 0 Å². The van der Waals surface area contributed by atoms with E-state index in [1.54, 1.807) is 0 Å². The lowest BCUT2D eigenvalue weighted by molar-refractivity contribution is 0.408. The van der Waals surface area contributed by atoms with Crippen LogP contribution in [0.25, 0.3) is 0 Å². The number of benzene rings is 1. The van der Waals surface area contributed by atoms with Gasteiger partial charge in [-0.1, -0.05) is 37.3 Å². The van der Waals surface area contributed by atoms with Crippen molar-refractivity contribution in [3.63, 3.8) is 0 Å². The summed E-state index contributed by atoms with van der Waals surface area (Å²) in [6.45, 7) is 5.96. The van der Waals surface area contributed by atoms with E-state index in [0.717, 1.165) is 32.1 Å². The minimum Gasteiger partial charge on any atom is -0.352 e. The van der Waals surface area contributed by atoms with Crippen molar-refractivity contribution >= 4 is 41.7 Å². The van der Waals surface area contributed by atoms with Crippen molar-refractivity contribution in [3.8, 4) is 0 Å². The Balaban J connectivity index is 0.00000243. The number of hydrogen-bond acceptors (Lipinski definition) is 3. The van der Waals surface area contributed by atoms with E-state index in [0.29, 0.717) is 5.25 Å². The van der Waals surface area contributed by atoms with E-state index in [1.165, 1.54) is 23.3 Å². The third-order valence-corrected chi connectivity index (χ3v) is 5.80. The Morgan fingerprint density at radius 1 is 1.31 bits per heavy atom. The molecule has 142 valence electrons. The van der Waals surface area contributed by atoms with Crippen LogP contribution in [-0.2, 0) is 13.1 Å². The van der Waals surface area contributed by atoms with Crippen LogP contribution in [0.3, 0.4) is 0 Å². The maximum atomic E-state index is 4.47. The van der Waals surface area contributed by atoms with Crippen LogP contribution in [0.5, 0.6) is 0 Å². The topological polar surface area (TPSA) is 45.4 Å². The summed E-state index contributed by atoms with van der Waals surface area (Å²) in [6.07, 6.45) is 5.25. The quantitative estimate of drug-likeness (QED) is 0.401. The van der Waals surface area contributed by atoms with Crippen molar-refractivity contribution in [2.45, 2.75) is 31.7 Å². The summed E-state index contributed by atoms with van der Waals surface area (Å²) in [7, 11) is 1.86. The first kappa shape index (κ1) is 21.1. The number of rotatable bonds is 5. The minimum atomic E-state index is 0. The van der Waals surface area contributed by atoms with Gasteiger partial charge >= 0.3 is 0 Å². The van der Waals surface area contributed by atoms with Gasteiger partial charge in [-0.2, -0.15) is 16.9 Å². The summed E-state index contributed by atoms with van der Waals surface area (Å²) >= 11 is 2.08. The molecule has 7 heteroatoms. The standard InChI is InChI=1S/C19H27N5S.HI/c1-3-18-15-23(9-10-25-18)19(20-2)21-11-17-12-22-24(14-17)13-16-7-5-4-6-8-16;/h4-8,12,14,18H,3,9-11,13,15H2,1-2H3,(H,20,21);1H. The Labute approximate surface area is 177 Å². The zero-order valence-corrected chi connectivity index (χ0v) is 18.6. The highest BCUT2D eigenvalue weighted by molar-refractivity contribution is 14.0.